The van der Waals surface area contributed by atoms with Crippen molar-refractivity contribution in [2.24, 2.45) is 0 Å². The number of carbonyl (C=O) groups is 1. The van der Waals surface area contributed by atoms with Crippen LogP contribution in [-0.2, 0) is 14.3 Å². The lowest BCUT2D eigenvalue weighted by molar-refractivity contribution is -0.302. The smallest absolute Gasteiger partial charge is 0.220 e. The Morgan fingerprint density at radius 2 is 0.969 bits per heavy atom. The fourth-order valence-corrected chi connectivity index (χ4v) is 7.10. The number of nitrogens with one attached hydrogen (secondary N) is 1. The molecule has 0 radical (unpaired) electrons. The highest BCUT2D eigenvalue weighted by atomic mass is 16.7. The SMILES string of the molecule is CC/C=C\C/C=C\C/C=C\C/C=C\C/C=C\C/C=C\C/C=C\C/C=C\CCCCCCCCCCCCCCC(=O)NC(COC1OC(CO)C(O)C(O)C1O)C(O)/C=C/CCCC. The standard InChI is InChI=1S/C55H91NO8/c1-3-5-7-9-10-11-12-13-14-15-16-17-18-19-20-21-22-23-24-25-26-27-28-29-30-31-32-33-34-35-36-37-38-39-40-41-43-45-51(59)56-48(49(58)44-42-8-6-4-2)47-63-55-54(62)53(61)52(60)50(46-57)64-55/h5,7,10-11,13-14,16-17,19-20,22-23,25-26,28-29,42,44,48-50,52-55,57-58,60-62H,3-4,6,8-9,12,15,18,21,24,27,30-41,43,45-47H2,1-2H3,(H,56,59)/b7-5-,11-10-,14-13-,17-16-,20-19-,23-22-,26-25-,29-28-,44-42+. The average molecular weight is 894 g/mol. The number of hydrogen-bond acceptors (Lipinski definition) is 8. The molecule has 0 saturated carbocycles. The molecule has 0 aliphatic carbocycles. The molecule has 0 aromatic heterocycles. The fourth-order valence-electron chi connectivity index (χ4n) is 7.10. The first-order valence-electron chi connectivity index (χ1n) is 25.1. The summed E-state index contributed by atoms with van der Waals surface area (Å²) in [6, 6.07) is -0.807. The van der Waals surface area contributed by atoms with Crippen LogP contribution >= 0.6 is 0 Å². The second-order valence-electron chi connectivity index (χ2n) is 16.9. The van der Waals surface area contributed by atoms with Gasteiger partial charge in [0.15, 0.2) is 6.29 Å². The Hall–Kier alpha value is -3.15. The number of unbranched alkanes of at least 4 members (excludes halogenated alkanes) is 14. The summed E-state index contributed by atoms with van der Waals surface area (Å²) in [5.41, 5.74) is 0. The molecule has 7 unspecified atom stereocenters. The zero-order chi connectivity index (χ0) is 46.6. The highest BCUT2D eigenvalue weighted by molar-refractivity contribution is 5.76. The summed E-state index contributed by atoms with van der Waals surface area (Å²) in [6.07, 6.45) is 58.0. The first-order valence-corrected chi connectivity index (χ1v) is 25.1. The molecule has 7 atom stereocenters. The van der Waals surface area contributed by atoms with Crippen molar-refractivity contribution < 1.29 is 39.8 Å². The fraction of sp³-hybridized carbons (Fsp3) is 0.655. The van der Waals surface area contributed by atoms with E-state index >= 15 is 0 Å². The monoisotopic (exact) mass is 894 g/mol. The molecule has 364 valence electrons. The number of amides is 1. The third-order valence-corrected chi connectivity index (χ3v) is 11.1. The van der Waals surface area contributed by atoms with E-state index in [-0.39, 0.29) is 12.5 Å². The molecule has 0 bridgehead atoms. The number of rotatable bonds is 40. The van der Waals surface area contributed by atoms with Crippen molar-refractivity contribution in [1.29, 1.82) is 0 Å². The van der Waals surface area contributed by atoms with Crippen LogP contribution < -0.4 is 5.32 Å². The predicted octanol–water partition coefficient (Wildman–Crippen LogP) is 11.4. The van der Waals surface area contributed by atoms with E-state index in [0.717, 1.165) is 89.9 Å². The molecule has 0 aromatic rings. The average Bonchev–Trinajstić information content (AvgIpc) is 3.29. The maximum Gasteiger partial charge on any atom is 0.220 e. The van der Waals surface area contributed by atoms with E-state index in [1.165, 1.54) is 64.2 Å². The van der Waals surface area contributed by atoms with E-state index < -0.39 is 49.5 Å². The minimum atomic E-state index is -1.57. The van der Waals surface area contributed by atoms with E-state index in [4.69, 9.17) is 9.47 Å². The third-order valence-electron chi connectivity index (χ3n) is 11.1. The van der Waals surface area contributed by atoms with Gasteiger partial charge in [-0.2, -0.15) is 0 Å². The van der Waals surface area contributed by atoms with E-state index in [0.29, 0.717) is 6.42 Å². The topological polar surface area (TPSA) is 149 Å². The normalized spacial score (nSPS) is 21.0. The van der Waals surface area contributed by atoms with E-state index in [2.05, 4.69) is 116 Å². The van der Waals surface area contributed by atoms with Crippen LogP contribution in [0.5, 0.6) is 0 Å². The van der Waals surface area contributed by atoms with Crippen molar-refractivity contribution in [2.75, 3.05) is 13.2 Å². The first kappa shape index (κ1) is 58.9. The first-order chi connectivity index (χ1) is 31.3. The largest absolute Gasteiger partial charge is 0.394 e. The van der Waals surface area contributed by atoms with Crippen LogP contribution in [0.15, 0.2) is 109 Å². The molecule has 1 fully saturated rings. The minimum Gasteiger partial charge on any atom is -0.394 e. The summed E-state index contributed by atoms with van der Waals surface area (Å²) >= 11 is 0. The Morgan fingerprint density at radius 3 is 1.42 bits per heavy atom. The van der Waals surface area contributed by atoms with Gasteiger partial charge in [0.2, 0.25) is 5.91 Å². The molecule has 1 heterocycles. The van der Waals surface area contributed by atoms with Crippen LogP contribution in [0.2, 0.25) is 0 Å². The molecule has 0 aromatic carbocycles. The maximum atomic E-state index is 12.8. The molecular formula is C55H91NO8. The van der Waals surface area contributed by atoms with E-state index in [1.807, 2.05) is 6.08 Å². The Morgan fingerprint density at radius 1 is 0.547 bits per heavy atom. The third kappa shape index (κ3) is 33.3. The maximum absolute atomic E-state index is 12.8. The van der Waals surface area contributed by atoms with Gasteiger partial charge in [0.25, 0.3) is 0 Å². The zero-order valence-corrected chi connectivity index (χ0v) is 40.0. The molecule has 1 saturated heterocycles. The van der Waals surface area contributed by atoms with Gasteiger partial charge in [-0.1, -0.05) is 200 Å². The van der Waals surface area contributed by atoms with Gasteiger partial charge in [-0.05, 0) is 77.0 Å². The zero-order valence-electron chi connectivity index (χ0n) is 40.0. The molecule has 0 spiro atoms. The highest BCUT2D eigenvalue weighted by Crippen LogP contribution is 2.22. The number of carbonyl (C=O) groups excluding carboxylic acids is 1. The molecule has 1 aliphatic rings. The van der Waals surface area contributed by atoms with Gasteiger partial charge in [0.05, 0.1) is 25.4 Å². The lowest BCUT2D eigenvalue weighted by Crippen LogP contribution is -2.60. The van der Waals surface area contributed by atoms with Crippen LogP contribution in [0.25, 0.3) is 0 Å². The van der Waals surface area contributed by atoms with Gasteiger partial charge < -0.3 is 40.3 Å². The van der Waals surface area contributed by atoms with E-state index in [1.54, 1.807) is 6.08 Å². The van der Waals surface area contributed by atoms with Gasteiger partial charge in [-0.15, -0.1) is 0 Å². The molecular weight excluding hydrogens is 803 g/mol. The Balaban J connectivity index is 2.03. The van der Waals surface area contributed by atoms with Gasteiger partial charge in [0.1, 0.15) is 24.4 Å². The lowest BCUT2D eigenvalue weighted by Gasteiger charge is -2.40. The van der Waals surface area contributed by atoms with Crippen molar-refractivity contribution in [3.05, 3.63) is 109 Å². The molecule has 64 heavy (non-hydrogen) atoms. The second-order valence-corrected chi connectivity index (χ2v) is 16.9. The number of ether oxygens (including phenoxy) is 2. The van der Waals surface area contributed by atoms with Crippen molar-refractivity contribution in [3.63, 3.8) is 0 Å². The lowest BCUT2D eigenvalue weighted by atomic mass is 9.99. The summed E-state index contributed by atoms with van der Waals surface area (Å²) in [5.74, 6) is -0.194. The van der Waals surface area contributed by atoms with Crippen molar-refractivity contribution in [3.8, 4) is 0 Å². The predicted molar refractivity (Wildman–Crippen MR) is 267 cm³/mol. The van der Waals surface area contributed by atoms with Crippen LogP contribution in [0.1, 0.15) is 174 Å². The van der Waals surface area contributed by atoms with Crippen LogP contribution in [0.4, 0.5) is 0 Å². The van der Waals surface area contributed by atoms with Crippen molar-refractivity contribution in [2.45, 2.75) is 217 Å². The number of hydrogen-bond donors (Lipinski definition) is 6. The van der Waals surface area contributed by atoms with Gasteiger partial charge in [-0.25, -0.2) is 0 Å². The number of allylic oxidation sites excluding steroid dienone is 17. The Labute approximate surface area is 389 Å². The summed E-state index contributed by atoms with van der Waals surface area (Å²) in [4.78, 5) is 12.8. The second kappa shape index (κ2) is 43.7. The van der Waals surface area contributed by atoms with Crippen LogP contribution in [0, 0.1) is 0 Å². The molecule has 1 amide bonds. The Bertz CT molecular complexity index is 1360. The summed E-state index contributed by atoms with van der Waals surface area (Å²) < 4.78 is 11.1. The Kier molecular flexibility index (Phi) is 40.2. The number of aliphatic hydroxyl groups excluding tert-OH is 5. The highest BCUT2D eigenvalue weighted by Gasteiger charge is 2.44. The molecule has 9 heteroatoms. The molecule has 1 rings (SSSR count). The summed E-state index contributed by atoms with van der Waals surface area (Å²) in [6.45, 7) is 3.48. The van der Waals surface area contributed by atoms with Gasteiger partial charge in [0, 0.05) is 6.42 Å². The van der Waals surface area contributed by atoms with Gasteiger partial charge in [-0.3, -0.25) is 4.79 Å². The summed E-state index contributed by atoms with van der Waals surface area (Å²) in [7, 11) is 0. The van der Waals surface area contributed by atoms with E-state index in [9.17, 15) is 30.3 Å². The quantitative estimate of drug-likeness (QED) is 0.0263. The molecule has 6 N–H and O–H groups in total. The van der Waals surface area contributed by atoms with Crippen LogP contribution in [-0.4, -0.2) is 87.5 Å². The molecule has 9 nitrogen and oxygen atoms in total. The van der Waals surface area contributed by atoms with Crippen molar-refractivity contribution in [1.82, 2.24) is 5.32 Å². The van der Waals surface area contributed by atoms with Gasteiger partial charge >= 0.3 is 0 Å². The molecule has 1 aliphatic heterocycles. The summed E-state index contributed by atoms with van der Waals surface area (Å²) in [5, 5.41) is 53.6. The number of aliphatic hydroxyl groups is 5. The minimum absolute atomic E-state index is 0.194. The van der Waals surface area contributed by atoms with Crippen molar-refractivity contribution >= 4 is 5.91 Å². The van der Waals surface area contributed by atoms with Crippen LogP contribution in [0.3, 0.4) is 0 Å².